The molecule has 1 atom stereocenters. The molecule has 9 heteroatoms. The predicted octanol–water partition coefficient (Wildman–Crippen LogP) is 4.31. The molecule has 8 nitrogen and oxygen atoms in total. The molecule has 0 saturated carbocycles. The first-order valence-corrected chi connectivity index (χ1v) is 11.6. The van der Waals surface area contributed by atoms with E-state index in [2.05, 4.69) is 25.8 Å². The van der Waals surface area contributed by atoms with Crippen LogP contribution in [0.2, 0.25) is 0 Å². The number of aromatic amines is 1. The number of nitrogens with one attached hydrogen (secondary N) is 3. The first-order valence-electron chi connectivity index (χ1n) is 10.7. The van der Waals surface area contributed by atoms with Crippen molar-refractivity contribution in [3.8, 4) is 11.3 Å². The first-order chi connectivity index (χ1) is 15.8. The predicted molar refractivity (Wildman–Crippen MR) is 131 cm³/mol. The molecule has 172 valence electrons. The Morgan fingerprint density at radius 3 is 2.45 bits per heavy atom. The third-order valence-electron chi connectivity index (χ3n) is 5.01. The molecular formula is C24H27N5O3S. The lowest BCUT2D eigenvalue weighted by Gasteiger charge is -2.15. The van der Waals surface area contributed by atoms with Gasteiger partial charge in [-0.15, -0.1) is 10.2 Å². The van der Waals surface area contributed by atoms with E-state index in [9.17, 15) is 14.4 Å². The fraction of sp³-hybridized carbons (Fsp3) is 0.292. The maximum absolute atomic E-state index is 12.8. The SMILES string of the molecule is CCC(=O)Nc1ccccc1-c1nnc(S[C@H](CC)C(=O)Nc2ccc(C)cc2C)[nH]c1=O. The lowest BCUT2D eigenvalue weighted by molar-refractivity contribution is -0.116. The standard InChI is InChI=1S/C24H27N5O3S/c1-5-19(22(31)26-17-12-11-14(3)13-15(17)4)33-24-27-23(32)21(28-29-24)16-9-7-8-10-18(16)25-20(30)6-2/h7-13,19H,5-6H2,1-4H3,(H,25,30)(H,26,31)(H,27,29,32)/t19-/m1/s1. The summed E-state index contributed by atoms with van der Waals surface area (Å²) in [4.78, 5) is 40.1. The van der Waals surface area contributed by atoms with Crippen molar-refractivity contribution < 1.29 is 9.59 Å². The summed E-state index contributed by atoms with van der Waals surface area (Å²) < 4.78 is 0. The molecule has 0 spiro atoms. The van der Waals surface area contributed by atoms with E-state index in [-0.39, 0.29) is 22.7 Å². The quantitative estimate of drug-likeness (QED) is 0.427. The number of aromatic nitrogens is 3. The zero-order chi connectivity index (χ0) is 24.0. The van der Waals surface area contributed by atoms with Crippen LogP contribution in [-0.4, -0.2) is 32.2 Å². The summed E-state index contributed by atoms with van der Waals surface area (Å²) in [6.07, 6.45) is 0.854. The summed E-state index contributed by atoms with van der Waals surface area (Å²) in [6.45, 7) is 7.58. The van der Waals surface area contributed by atoms with E-state index in [1.807, 2.05) is 39.0 Å². The van der Waals surface area contributed by atoms with Gasteiger partial charge in [0.15, 0.2) is 10.9 Å². The van der Waals surface area contributed by atoms with Gasteiger partial charge in [-0.05, 0) is 38.0 Å². The van der Waals surface area contributed by atoms with Gasteiger partial charge in [-0.1, -0.05) is 61.5 Å². The van der Waals surface area contributed by atoms with Gasteiger partial charge in [-0.2, -0.15) is 0 Å². The summed E-state index contributed by atoms with van der Waals surface area (Å²) in [5.41, 5.74) is 3.47. The number of benzene rings is 2. The van der Waals surface area contributed by atoms with Gasteiger partial charge in [-0.3, -0.25) is 19.4 Å². The number of anilines is 2. The van der Waals surface area contributed by atoms with E-state index in [1.54, 1.807) is 31.2 Å². The summed E-state index contributed by atoms with van der Waals surface area (Å²) in [6, 6.07) is 12.8. The second-order valence-electron chi connectivity index (χ2n) is 7.58. The molecule has 3 rings (SSSR count). The Balaban J connectivity index is 1.79. The van der Waals surface area contributed by atoms with Gasteiger partial charge < -0.3 is 10.6 Å². The lowest BCUT2D eigenvalue weighted by atomic mass is 10.1. The Morgan fingerprint density at radius 2 is 1.79 bits per heavy atom. The number of hydrogen-bond donors (Lipinski definition) is 3. The maximum Gasteiger partial charge on any atom is 0.278 e. The highest BCUT2D eigenvalue weighted by molar-refractivity contribution is 8.00. The summed E-state index contributed by atoms with van der Waals surface area (Å²) >= 11 is 1.15. The number of aryl methyl sites for hydroxylation is 2. The van der Waals surface area contributed by atoms with Crippen LogP contribution in [-0.2, 0) is 9.59 Å². The van der Waals surface area contributed by atoms with E-state index in [0.717, 1.165) is 28.6 Å². The van der Waals surface area contributed by atoms with Crippen LogP contribution in [0, 0.1) is 13.8 Å². The van der Waals surface area contributed by atoms with Crippen molar-refractivity contribution in [1.29, 1.82) is 0 Å². The van der Waals surface area contributed by atoms with Crippen LogP contribution in [0.3, 0.4) is 0 Å². The number of H-pyrrole nitrogens is 1. The van der Waals surface area contributed by atoms with Crippen molar-refractivity contribution in [2.24, 2.45) is 0 Å². The maximum atomic E-state index is 12.8. The third-order valence-corrected chi connectivity index (χ3v) is 6.25. The molecule has 0 aliphatic heterocycles. The van der Waals surface area contributed by atoms with Crippen molar-refractivity contribution in [2.75, 3.05) is 10.6 Å². The minimum atomic E-state index is -0.461. The number of carbonyl (C=O) groups excluding carboxylic acids is 2. The van der Waals surface area contributed by atoms with E-state index < -0.39 is 10.8 Å². The largest absolute Gasteiger partial charge is 0.325 e. The molecule has 2 aromatic carbocycles. The minimum absolute atomic E-state index is 0.0964. The highest BCUT2D eigenvalue weighted by atomic mass is 32.2. The fourth-order valence-corrected chi connectivity index (χ4v) is 4.05. The highest BCUT2D eigenvalue weighted by Gasteiger charge is 2.21. The molecule has 2 amide bonds. The Labute approximate surface area is 196 Å². The molecule has 0 radical (unpaired) electrons. The number of nitrogens with zero attached hydrogens (tertiary/aromatic N) is 2. The molecule has 0 fully saturated rings. The van der Waals surface area contributed by atoms with Crippen LogP contribution in [0.15, 0.2) is 52.4 Å². The van der Waals surface area contributed by atoms with Gasteiger partial charge in [0.2, 0.25) is 11.8 Å². The first kappa shape index (κ1) is 24.2. The number of rotatable bonds is 8. The lowest BCUT2D eigenvalue weighted by Crippen LogP contribution is -2.26. The Hall–Kier alpha value is -3.46. The monoisotopic (exact) mass is 465 g/mol. The van der Waals surface area contributed by atoms with E-state index in [1.165, 1.54) is 0 Å². The number of thioether (sulfide) groups is 1. The molecule has 3 N–H and O–H groups in total. The smallest absolute Gasteiger partial charge is 0.278 e. The van der Waals surface area contributed by atoms with Crippen molar-refractivity contribution >= 4 is 35.0 Å². The molecule has 0 aliphatic carbocycles. The third kappa shape index (κ3) is 6.07. The number of hydrogen-bond acceptors (Lipinski definition) is 6. The molecule has 0 saturated heterocycles. The number of para-hydroxylation sites is 1. The van der Waals surface area contributed by atoms with Gasteiger partial charge in [0, 0.05) is 17.7 Å². The van der Waals surface area contributed by atoms with Crippen molar-refractivity contribution in [3.63, 3.8) is 0 Å². The van der Waals surface area contributed by atoms with Crippen LogP contribution in [0.1, 0.15) is 37.8 Å². The molecule has 0 unspecified atom stereocenters. The average Bonchev–Trinajstić information content (AvgIpc) is 2.79. The minimum Gasteiger partial charge on any atom is -0.325 e. The van der Waals surface area contributed by atoms with E-state index in [4.69, 9.17) is 0 Å². The van der Waals surface area contributed by atoms with E-state index >= 15 is 0 Å². The van der Waals surface area contributed by atoms with Crippen LogP contribution in [0.25, 0.3) is 11.3 Å². The average molecular weight is 466 g/mol. The van der Waals surface area contributed by atoms with Gasteiger partial charge in [0.25, 0.3) is 5.56 Å². The molecule has 33 heavy (non-hydrogen) atoms. The molecular weight excluding hydrogens is 438 g/mol. The zero-order valence-electron chi connectivity index (χ0n) is 19.1. The van der Waals surface area contributed by atoms with Gasteiger partial charge in [0.1, 0.15) is 0 Å². The van der Waals surface area contributed by atoms with Crippen molar-refractivity contribution in [2.45, 2.75) is 50.9 Å². The van der Waals surface area contributed by atoms with Gasteiger partial charge >= 0.3 is 0 Å². The van der Waals surface area contributed by atoms with E-state index in [0.29, 0.717) is 24.1 Å². The molecule has 1 heterocycles. The van der Waals surface area contributed by atoms with Crippen molar-refractivity contribution in [1.82, 2.24) is 15.2 Å². The Morgan fingerprint density at radius 1 is 1.03 bits per heavy atom. The highest BCUT2D eigenvalue weighted by Crippen LogP contribution is 2.26. The Bertz CT molecular complexity index is 1220. The molecule has 3 aromatic rings. The normalized spacial score (nSPS) is 11.6. The van der Waals surface area contributed by atoms with Crippen LogP contribution in [0.4, 0.5) is 11.4 Å². The summed E-state index contributed by atoms with van der Waals surface area (Å²) in [5, 5.41) is 13.7. The van der Waals surface area contributed by atoms with Crippen LogP contribution >= 0.6 is 11.8 Å². The zero-order valence-corrected chi connectivity index (χ0v) is 19.9. The van der Waals surface area contributed by atoms with Crippen molar-refractivity contribution in [3.05, 3.63) is 63.9 Å². The molecule has 0 bridgehead atoms. The molecule has 0 aliphatic rings. The number of carbonyl (C=O) groups is 2. The van der Waals surface area contributed by atoms with Gasteiger partial charge in [0.05, 0.1) is 10.9 Å². The summed E-state index contributed by atoms with van der Waals surface area (Å²) in [5.74, 6) is -0.339. The van der Waals surface area contributed by atoms with Gasteiger partial charge in [-0.25, -0.2) is 0 Å². The Kier molecular flexibility index (Phi) is 8.00. The number of amides is 2. The van der Waals surface area contributed by atoms with Crippen LogP contribution in [0.5, 0.6) is 0 Å². The van der Waals surface area contributed by atoms with Crippen LogP contribution < -0.4 is 16.2 Å². The second-order valence-corrected chi connectivity index (χ2v) is 8.77. The fourth-order valence-electron chi connectivity index (χ4n) is 3.21. The topological polar surface area (TPSA) is 117 Å². The molecule has 1 aromatic heterocycles. The second kappa shape index (κ2) is 10.9. The summed E-state index contributed by atoms with van der Waals surface area (Å²) in [7, 11) is 0.